The van der Waals surface area contributed by atoms with Gasteiger partial charge in [-0.05, 0) is 5.92 Å². The first-order valence-corrected chi connectivity index (χ1v) is 3.81. The second-order valence-corrected chi connectivity index (χ2v) is 2.94. The van der Waals surface area contributed by atoms with Gasteiger partial charge in [-0.1, -0.05) is 13.8 Å². The summed E-state index contributed by atoms with van der Waals surface area (Å²) >= 11 is 0. The van der Waals surface area contributed by atoms with Gasteiger partial charge in [0.15, 0.2) is 5.69 Å². The molecule has 5 heteroatoms. The summed E-state index contributed by atoms with van der Waals surface area (Å²) < 4.78 is 36.9. The minimum atomic E-state index is -4.41. The van der Waals surface area contributed by atoms with E-state index in [9.17, 15) is 13.2 Å². The molecule has 1 aromatic heterocycles. The zero-order valence-electron chi connectivity index (χ0n) is 7.26. The van der Waals surface area contributed by atoms with Gasteiger partial charge in [-0.25, -0.2) is 4.98 Å². The van der Waals surface area contributed by atoms with Gasteiger partial charge in [0.05, 0.1) is 5.69 Å². The molecule has 0 saturated carbocycles. The predicted molar refractivity (Wildman–Crippen MR) is 41.1 cm³/mol. The quantitative estimate of drug-likeness (QED) is 0.680. The molecule has 0 atom stereocenters. The maximum absolute atomic E-state index is 12.3. The van der Waals surface area contributed by atoms with Crippen LogP contribution in [0, 0.1) is 0 Å². The first kappa shape index (κ1) is 9.95. The van der Waals surface area contributed by atoms with E-state index in [1.165, 1.54) is 6.20 Å². The standard InChI is InChI=1S/C8H9F3N2/c1-5(2)6-7(8(9,10)11)13-4-3-12-6/h3-5H,1-2H3. The Kier molecular flexibility index (Phi) is 2.54. The second kappa shape index (κ2) is 3.32. The minimum absolute atomic E-state index is 0.00463. The third-order valence-electron chi connectivity index (χ3n) is 1.54. The summed E-state index contributed by atoms with van der Waals surface area (Å²) in [5, 5.41) is 0. The summed E-state index contributed by atoms with van der Waals surface area (Å²) in [5.41, 5.74) is -0.889. The van der Waals surface area contributed by atoms with Gasteiger partial charge in [-0.2, -0.15) is 13.2 Å². The highest BCUT2D eigenvalue weighted by Gasteiger charge is 2.36. The lowest BCUT2D eigenvalue weighted by molar-refractivity contribution is -0.142. The van der Waals surface area contributed by atoms with E-state index in [1.807, 2.05) is 0 Å². The Morgan fingerprint density at radius 3 is 2.08 bits per heavy atom. The van der Waals surface area contributed by atoms with E-state index in [0.29, 0.717) is 0 Å². The number of hydrogen-bond acceptors (Lipinski definition) is 2. The van der Waals surface area contributed by atoms with Gasteiger partial charge >= 0.3 is 6.18 Å². The molecule has 0 radical (unpaired) electrons. The van der Waals surface area contributed by atoms with Crippen molar-refractivity contribution >= 4 is 0 Å². The van der Waals surface area contributed by atoms with Crippen molar-refractivity contribution in [3.8, 4) is 0 Å². The molecule has 1 rings (SSSR count). The van der Waals surface area contributed by atoms with Crippen molar-refractivity contribution in [2.24, 2.45) is 0 Å². The number of halogens is 3. The highest BCUT2D eigenvalue weighted by Crippen LogP contribution is 2.31. The van der Waals surface area contributed by atoms with Crippen LogP contribution in [0.3, 0.4) is 0 Å². The highest BCUT2D eigenvalue weighted by atomic mass is 19.4. The third-order valence-corrected chi connectivity index (χ3v) is 1.54. The Balaban J connectivity index is 3.20. The fraction of sp³-hybridized carbons (Fsp3) is 0.500. The van der Waals surface area contributed by atoms with Crippen LogP contribution >= 0.6 is 0 Å². The predicted octanol–water partition coefficient (Wildman–Crippen LogP) is 2.62. The molecule has 0 spiro atoms. The van der Waals surface area contributed by atoms with Crippen molar-refractivity contribution in [3.63, 3.8) is 0 Å². The van der Waals surface area contributed by atoms with Crippen LogP contribution in [0.15, 0.2) is 12.4 Å². The van der Waals surface area contributed by atoms with Crippen molar-refractivity contribution < 1.29 is 13.2 Å². The summed E-state index contributed by atoms with van der Waals surface area (Å²) in [6.45, 7) is 3.30. The molecule has 0 aromatic carbocycles. The van der Waals surface area contributed by atoms with Gasteiger partial charge in [0, 0.05) is 12.4 Å². The van der Waals surface area contributed by atoms with E-state index in [2.05, 4.69) is 9.97 Å². The summed E-state index contributed by atoms with van der Waals surface area (Å²) in [5.74, 6) is -0.273. The van der Waals surface area contributed by atoms with Crippen LogP contribution < -0.4 is 0 Å². The molecular weight excluding hydrogens is 181 g/mol. The molecule has 0 saturated heterocycles. The van der Waals surface area contributed by atoms with Crippen LogP contribution in [0.4, 0.5) is 13.2 Å². The Labute approximate surface area is 73.8 Å². The minimum Gasteiger partial charge on any atom is -0.257 e. The Morgan fingerprint density at radius 1 is 1.15 bits per heavy atom. The molecule has 1 aromatic rings. The zero-order chi connectivity index (χ0) is 10.1. The van der Waals surface area contributed by atoms with Crippen LogP contribution in [-0.2, 0) is 6.18 Å². The van der Waals surface area contributed by atoms with Gasteiger partial charge < -0.3 is 0 Å². The van der Waals surface area contributed by atoms with Gasteiger partial charge in [0.25, 0.3) is 0 Å². The normalized spacial score (nSPS) is 12.2. The topological polar surface area (TPSA) is 25.8 Å². The van der Waals surface area contributed by atoms with Gasteiger partial charge in [0.2, 0.25) is 0 Å². The van der Waals surface area contributed by atoms with Gasteiger partial charge in [0.1, 0.15) is 0 Å². The molecule has 0 unspecified atom stereocenters. The third kappa shape index (κ3) is 2.17. The van der Waals surface area contributed by atoms with Crippen LogP contribution in [0.1, 0.15) is 31.2 Å². The maximum Gasteiger partial charge on any atom is 0.435 e. The van der Waals surface area contributed by atoms with Gasteiger partial charge in [-0.3, -0.25) is 4.98 Å². The number of alkyl halides is 3. The summed E-state index contributed by atoms with van der Waals surface area (Å²) in [6, 6.07) is 0. The molecule has 0 N–H and O–H groups in total. The molecule has 0 aliphatic heterocycles. The zero-order valence-corrected chi connectivity index (χ0v) is 7.26. The molecule has 1 heterocycles. The Bertz CT molecular complexity index is 294. The van der Waals surface area contributed by atoms with Crippen molar-refractivity contribution in [2.45, 2.75) is 25.9 Å². The number of rotatable bonds is 1. The summed E-state index contributed by atoms with van der Waals surface area (Å²) in [7, 11) is 0. The SMILES string of the molecule is CC(C)c1nccnc1C(F)(F)F. The van der Waals surface area contributed by atoms with E-state index in [4.69, 9.17) is 0 Å². The highest BCUT2D eigenvalue weighted by molar-refractivity contribution is 5.17. The lowest BCUT2D eigenvalue weighted by Gasteiger charge is -2.11. The summed E-state index contributed by atoms with van der Waals surface area (Å²) in [4.78, 5) is 6.95. The smallest absolute Gasteiger partial charge is 0.257 e. The fourth-order valence-electron chi connectivity index (χ4n) is 0.990. The molecule has 72 valence electrons. The van der Waals surface area contributed by atoms with E-state index < -0.39 is 11.9 Å². The summed E-state index contributed by atoms with van der Waals surface area (Å²) in [6.07, 6.45) is -2.09. The molecule has 0 aliphatic rings. The van der Waals surface area contributed by atoms with E-state index in [-0.39, 0.29) is 11.6 Å². The molecule has 0 amide bonds. The average molecular weight is 190 g/mol. The number of nitrogens with zero attached hydrogens (tertiary/aromatic N) is 2. The van der Waals surface area contributed by atoms with Crippen molar-refractivity contribution in [3.05, 3.63) is 23.8 Å². The molecular formula is C8H9F3N2. The molecule has 0 bridgehead atoms. The van der Waals surface area contributed by atoms with E-state index >= 15 is 0 Å². The fourth-order valence-corrected chi connectivity index (χ4v) is 0.990. The van der Waals surface area contributed by atoms with Crippen molar-refractivity contribution in [2.75, 3.05) is 0 Å². The Hall–Kier alpha value is -1.13. The Morgan fingerprint density at radius 2 is 1.69 bits per heavy atom. The largest absolute Gasteiger partial charge is 0.435 e. The monoisotopic (exact) mass is 190 g/mol. The maximum atomic E-state index is 12.3. The van der Waals surface area contributed by atoms with Crippen LogP contribution in [-0.4, -0.2) is 9.97 Å². The number of aromatic nitrogens is 2. The molecule has 13 heavy (non-hydrogen) atoms. The van der Waals surface area contributed by atoms with E-state index in [0.717, 1.165) is 6.20 Å². The molecule has 0 aliphatic carbocycles. The van der Waals surface area contributed by atoms with E-state index in [1.54, 1.807) is 13.8 Å². The van der Waals surface area contributed by atoms with Crippen LogP contribution in [0.2, 0.25) is 0 Å². The van der Waals surface area contributed by atoms with Crippen LogP contribution in [0.25, 0.3) is 0 Å². The average Bonchev–Trinajstić information content (AvgIpc) is 2.03. The lowest BCUT2D eigenvalue weighted by Crippen LogP contribution is -2.14. The van der Waals surface area contributed by atoms with Crippen molar-refractivity contribution in [1.29, 1.82) is 0 Å². The number of hydrogen-bond donors (Lipinski definition) is 0. The van der Waals surface area contributed by atoms with Crippen LogP contribution in [0.5, 0.6) is 0 Å². The second-order valence-electron chi connectivity index (χ2n) is 2.94. The first-order chi connectivity index (χ1) is 5.93. The molecule has 2 nitrogen and oxygen atoms in total. The molecule has 0 fully saturated rings. The lowest BCUT2D eigenvalue weighted by atomic mass is 10.1. The van der Waals surface area contributed by atoms with Crippen molar-refractivity contribution in [1.82, 2.24) is 9.97 Å². The van der Waals surface area contributed by atoms with Gasteiger partial charge in [-0.15, -0.1) is 0 Å². The first-order valence-electron chi connectivity index (χ1n) is 3.81.